The summed E-state index contributed by atoms with van der Waals surface area (Å²) in [6, 6.07) is 6.12. The highest BCUT2D eigenvalue weighted by atomic mass is 32.2. The lowest BCUT2D eigenvalue weighted by Gasteiger charge is -2.07. The number of hydrogen-bond donors (Lipinski definition) is 4. The van der Waals surface area contributed by atoms with Crippen molar-refractivity contribution < 1.29 is 38.4 Å². The second-order valence-electron chi connectivity index (χ2n) is 7.96. The molecule has 0 saturated heterocycles. The number of methoxy groups -OCH3 is 1. The van der Waals surface area contributed by atoms with Gasteiger partial charge in [0.2, 0.25) is 9.84 Å². The van der Waals surface area contributed by atoms with Gasteiger partial charge < -0.3 is 25.2 Å². The molecule has 190 valence electrons. The number of phenols is 4. The van der Waals surface area contributed by atoms with Crippen molar-refractivity contribution in [3.8, 4) is 23.0 Å². The first-order chi connectivity index (χ1) is 16.1. The van der Waals surface area contributed by atoms with Crippen molar-refractivity contribution in [3.05, 3.63) is 36.4 Å². The molecule has 0 radical (unpaired) electrons. The summed E-state index contributed by atoms with van der Waals surface area (Å²) in [5.74, 6) is -2.08. The topological polar surface area (TPSA) is 141 Å². The number of benzene rings is 2. The van der Waals surface area contributed by atoms with Crippen LogP contribution in [0, 0.1) is 0 Å². The number of carbonyl (C=O) groups is 1. The summed E-state index contributed by atoms with van der Waals surface area (Å²) in [6.07, 6.45) is 12.2. The molecular formula is C25H36O8S. The minimum absolute atomic E-state index is 0.0713. The maximum absolute atomic E-state index is 12.2. The van der Waals surface area contributed by atoms with Gasteiger partial charge in [0.15, 0.2) is 23.0 Å². The average Bonchev–Trinajstić information content (AvgIpc) is 2.81. The second-order valence-corrected chi connectivity index (χ2v) is 9.91. The van der Waals surface area contributed by atoms with Crippen molar-refractivity contribution in [3.63, 3.8) is 0 Å². The van der Waals surface area contributed by atoms with E-state index in [9.17, 15) is 23.4 Å². The standard InChI is InChI=1S/C13H26O2.C12H10O6S/c1-3-4-5-6-7-8-9-10-11-12-13(14)15-2;13-9-3-1-7(5-11(9)15)19(17,18)8-2-4-10(14)12(16)6-8/h3-12H2,1-2H3;1-6,13-16H. The van der Waals surface area contributed by atoms with E-state index in [-0.39, 0.29) is 15.8 Å². The molecule has 0 fully saturated rings. The first kappa shape index (κ1) is 29.1. The third-order valence-electron chi connectivity index (χ3n) is 5.23. The molecule has 4 N–H and O–H groups in total. The van der Waals surface area contributed by atoms with Crippen molar-refractivity contribution in [2.24, 2.45) is 0 Å². The van der Waals surface area contributed by atoms with Crippen LogP contribution in [0.3, 0.4) is 0 Å². The van der Waals surface area contributed by atoms with Crippen LogP contribution >= 0.6 is 0 Å². The van der Waals surface area contributed by atoms with Gasteiger partial charge in [-0.3, -0.25) is 4.79 Å². The van der Waals surface area contributed by atoms with Crippen LogP contribution in [0.25, 0.3) is 0 Å². The number of esters is 1. The van der Waals surface area contributed by atoms with Crippen molar-refractivity contribution in [1.29, 1.82) is 0 Å². The first-order valence-electron chi connectivity index (χ1n) is 11.5. The minimum atomic E-state index is -3.96. The monoisotopic (exact) mass is 496 g/mol. The number of hydrogen-bond acceptors (Lipinski definition) is 8. The predicted octanol–water partition coefficient (Wildman–Crippen LogP) is 5.42. The summed E-state index contributed by atoms with van der Waals surface area (Å²) in [7, 11) is -2.51. The zero-order valence-electron chi connectivity index (χ0n) is 19.9. The number of carbonyl (C=O) groups excluding carboxylic acids is 1. The SMILES string of the molecule is CCCCCCCCCCCC(=O)OC.O=S(=O)(c1ccc(O)c(O)c1)c1ccc(O)c(O)c1. The maximum Gasteiger partial charge on any atom is 0.305 e. The molecule has 0 aliphatic rings. The van der Waals surface area contributed by atoms with Crippen LogP contribution in [0.5, 0.6) is 23.0 Å². The Bertz CT molecular complexity index is 944. The lowest BCUT2D eigenvalue weighted by molar-refractivity contribution is -0.140. The number of phenolic OH excluding ortho intramolecular Hbond substituents is 4. The van der Waals surface area contributed by atoms with E-state index in [4.69, 9.17) is 10.2 Å². The molecule has 0 spiro atoms. The molecule has 0 saturated carbocycles. The summed E-state index contributed by atoms with van der Waals surface area (Å²) in [5, 5.41) is 36.9. The summed E-state index contributed by atoms with van der Waals surface area (Å²) < 4.78 is 28.9. The largest absolute Gasteiger partial charge is 0.504 e. The molecule has 0 unspecified atom stereocenters. The third-order valence-corrected chi connectivity index (χ3v) is 6.98. The molecule has 0 aliphatic carbocycles. The number of unbranched alkanes of at least 4 members (excludes halogenated alkanes) is 8. The highest BCUT2D eigenvalue weighted by Crippen LogP contribution is 2.33. The van der Waals surface area contributed by atoms with Gasteiger partial charge in [-0.15, -0.1) is 0 Å². The number of aromatic hydroxyl groups is 4. The Kier molecular flexibility index (Phi) is 12.9. The summed E-state index contributed by atoms with van der Waals surface area (Å²) >= 11 is 0. The first-order valence-corrected chi connectivity index (χ1v) is 13.0. The molecule has 0 heterocycles. The zero-order valence-corrected chi connectivity index (χ0v) is 20.7. The van der Waals surface area contributed by atoms with Gasteiger partial charge in [-0.1, -0.05) is 58.3 Å². The van der Waals surface area contributed by atoms with Crippen LogP contribution in [0.15, 0.2) is 46.2 Å². The van der Waals surface area contributed by atoms with Crippen molar-refractivity contribution in [2.75, 3.05) is 7.11 Å². The van der Waals surface area contributed by atoms with Crippen molar-refractivity contribution >= 4 is 15.8 Å². The van der Waals surface area contributed by atoms with Gasteiger partial charge in [-0.2, -0.15) is 0 Å². The minimum Gasteiger partial charge on any atom is -0.504 e. The quantitative estimate of drug-likeness (QED) is 0.173. The van der Waals surface area contributed by atoms with E-state index < -0.39 is 32.8 Å². The van der Waals surface area contributed by atoms with E-state index in [1.54, 1.807) is 0 Å². The fourth-order valence-electron chi connectivity index (χ4n) is 3.16. The lowest BCUT2D eigenvalue weighted by Crippen LogP contribution is -2.01. The van der Waals surface area contributed by atoms with Crippen LogP contribution in [0.4, 0.5) is 0 Å². The van der Waals surface area contributed by atoms with Crippen molar-refractivity contribution in [2.45, 2.75) is 80.9 Å². The van der Waals surface area contributed by atoms with Crippen molar-refractivity contribution in [1.82, 2.24) is 0 Å². The lowest BCUT2D eigenvalue weighted by atomic mass is 10.1. The molecule has 8 nitrogen and oxygen atoms in total. The van der Waals surface area contributed by atoms with E-state index in [0.717, 1.165) is 42.8 Å². The van der Waals surface area contributed by atoms with Crippen LogP contribution < -0.4 is 0 Å². The fourth-order valence-corrected chi connectivity index (χ4v) is 4.46. The Morgan fingerprint density at radius 2 is 1.12 bits per heavy atom. The van der Waals surface area contributed by atoms with Crippen LogP contribution in [-0.4, -0.2) is 41.9 Å². The Morgan fingerprint density at radius 1 is 0.706 bits per heavy atom. The van der Waals surface area contributed by atoms with Crippen LogP contribution in [-0.2, 0) is 19.4 Å². The van der Waals surface area contributed by atoms with E-state index in [2.05, 4.69) is 11.7 Å². The highest BCUT2D eigenvalue weighted by molar-refractivity contribution is 7.91. The number of ether oxygens (including phenoxy) is 1. The predicted molar refractivity (Wildman–Crippen MR) is 129 cm³/mol. The van der Waals surface area contributed by atoms with Gasteiger partial charge in [0.05, 0.1) is 16.9 Å². The molecule has 34 heavy (non-hydrogen) atoms. The molecule has 0 aliphatic heterocycles. The van der Waals surface area contributed by atoms with Gasteiger partial charge in [0, 0.05) is 18.6 Å². The van der Waals surface area contributed by atoms with Gasteiger partial charge in [0.1, 0.15) is 0 Å². The fraction of sp³-hybridized carbons (Fsp3) is 0.480. The zero-order chi connectivity index (χ0) is 25.6. The Hall–Kier alpha value is -2.94. The molecule has 2 rings (SSSR count). The Morgan fingerprint density at radius 3 is 1.50 bits per heavy atom. The Labute approximate surface area is 201 Å². The van der Waals surface area contributed by atoms with Gasteiger partial charge in [-0.25, -0.2) is 8.42 Å². The maximum atomic E-state index is 12.2. The molecule has 0 atom stereocenters. The summed E-state index contributed by atoms with van der Waals surface area (Å²) in [5.41, 5.74) is 0. The van der Waals surface area contributed by atoms with Crippen LogP contribution in [0.2, 0.25) is 0 Å². The highest BCUT2D eigenvalue weighted by Gasteiger charge is 2.20. The number of sulfone groups is 1. The van der Waals surface area contributed by atoms with Gasteiger partial charge >= 0.3 is 5.97 Å². The van der Waals surface area contributed by atoms with Gasteiger partial charge in [-0.05, 0) is 30.7 Å². The van der Waals surface area contributed by atoms with E-state index in [1.807, 2.05) is 0 Å². The van der Waals surface area contributed by atoms with Crippen LogP contribution in [0.1, 0.15) is 71.1 Å². The summed E-state index contributed by atoms with van der Waals surface area (Å²) in [4.78, 5) is 10.3. The number of rotatable bonds is 12. The smallest absolute Gasteiger partial charge is 0.305 e. The van der Waals surface area contributed by atoms with E-state index in [0.29, 0.717) is 6.42 Å². The molecule has 0 aromatic heterocycles. The second kappa shape index (κ2) is 15.1. The summed E-state index contributed by atoms with van der Waals surface area (Å²) in [6.45, 7) is 2.24. The molecule has 9 heteroatoms. The average molecular weight is 497 g/mol. The molecular weight excluding hydrogens is 460 g/mol. The Balaban J connectivity index is 0.000000352. The molecule has 0 amide bonds. The molecule has 2 aromatic carbocycles. The van der Waals surface area contributed by atoms with E-state index in [1.165, 1.54) is 58.5 Å². The molecule has 2 aromatic rings. The normalized spacial score (nSPS) is 10.9. The molecule has 0 bridgehead atoms. The van der Waals surface area contributed by atoms with Gasteiger partial charge in [0.25, 0.3) is 0 Å². The van der Waals surface area contributed by atoms with E-state index >= 15 is 0 Å². The third kappa shape index (κ3) is 9.91.